The number of nitrogens with one attached hydrogen (secondary N) is 1. The molecule has 1 atom stereocenters. The van der Waals surface area contributed by atoms with Crippen LogP contribution in [0.4, 0.5) is 5.69 Å². The summed E-state index contributed by atoms with van der Waals surface area (Å²) in [5.41, 5.74) is 1.74. The first-order chi connectivity index (χ1) is 10.3. The predicted octanol–water partition coefficient (Wildman–Crippen LogP) is 2.90. The van der Waals surface area contributed by atoms with E-state index in [9.17, 15) is 13.2 Å². The van der Waals surface area contributed by atoms with E-state index in [-0.39, 0.29) is 11.7 Å². The minimum Gasteiger partial charge on any atom is -0.324 e. The monoisotopic (exact) mass is 388 g/mol. The molecule has 1 aliphatic heterocycles. The Hall–Kier alpha value is -0.920. The largest absolute Gasteiger partial charge is 0.324 e. The summed E-state index contributed by atoms with van der Waals surface area (Å²) in [6.45, 7) is 4.22. The average molecular weight is 389 g/mol. The number of carbonyl (C=O) groups excluding carboxylic acids is 1. The third-order valence-electron chi connectivity index (χ3n) is 3.71. The molecule has 5 nitrogen and oxygen atoms in total. The number of hydrogen-bond donors (Lipinski definition) is 1. The maximum atomic E-state index is 12.5. The van der Waals surface area contributed by atoms with Crippen LogP contribution in [0.15, 0.2) is 22.7 Å². The molecule has 1 aromatic rings. The summed E-state index contributed by atoms with van der Waals surface area (Å²) in [6, 6.07) is 5.03. The zero-order chi connectivity index (χ0) is 16.3. The highest BCUT2D eigenvalue weighted by Crippen LogP contribution is 2.26. The van der Waals surface area contributed by atoms with E-state index in [4.69, 9.17) is 0 Å². The SMILES string of the molecule is CCCS(=O)(=O)N1CCC[C@H]1C(=O)Nc1ccc(C)cc1Br. The number of carbonyl (C=O) groups is 1. The number of sulfonamides is 1. The molecule has 22 heavy (non-hydrogen) atoms. The van der Waals surface area contributed by atoms with Crippen molar-refractivity contribution in [2.45, 2.75) is 39.2 Å². The normalized spacial score (nSPS) is 19.3. The van der Waals surface area contributed by atoms with Crippen molar-refractivity contribution in [1.29, 1.82) is 0 Å². The first-order valence-corrected chi connectivity index (χ1v) is 9.82. The second-order valence-corrected chi connectivity index (χ2v) is 8.45. The molecule has 1 N–H and O–H groups in total. The quantitative estimate of drug-likeness (QED) is 0.842. The third-order valence-corrected chi connectivity index (χ3v) is 6.44. The molecular formula is C15H21BrN2O3S. The van der Waals surface area contributed by atoms with Gasteiger partial charge in [-0.1, -0.05) is 13.0 Å². The Kier molecular flexibility index (Phi) is 5.63. The minimum atomic E-state index is -3.35. The summed E-state index contributed by atoms with van der Waals surface area (Å²) in [5.74, 6) is -0.174. The number of nitrogens with zero attached hydrogens (tertiary/aromatic N) is 1. The van der Waals surface area contributed by atoms with Gasteiger partial charge in [-0.2, -0.15) is 4.31 Å². The molecule has 0 aliphatic carbocycles. The Morgan fingerprint density at radius 1 is 1.45 bits per heavy atom. The third kappa shape index (κ3) is 3.88. The fourth-order valence-corrected chi connectivity index (χ4v) is 4.99. The number of benzene rings is 1. The second kappa shape index (κ2) is 7.10. The molecule has 1 amide bonds. The number of halogens is 1. The van der Waals surface area contributed by atoms with Crippen LogP contribution < -0.4 is 5.32 Å². The zero-order valence-corrected chi connectivity index (χ0v) is 15.2. The van der Waals surface area contributed by atoms with Crippen LogP contribution in [-0.4, -0.2) is 37.0 Å². The van der Waals surface area contributed by atoms with Crippen LogP contribution in [0.2, 0.25) is 0 Å². The van der Waals surface area contributed by atoms with E-state index >= 15 is 0 Å². The van der Waals surface area contributed by atoms with Crippen molar-refractivity contribution >= 4 is 37.5 Å². The lowest BCUT2D eigenvalue weighted by atomic mass is 10.2. The molecule has 0 radical (unpaired) electrons. The van der Waals surface area contributed by atoms with E-state index in [0.29, 0.717) is 25.1 Å². The van der Waals surface area contributed by atoms with Gasteiger partial charge < -0.3 is 5.32 Å². The fourth-order valence-electron chi connectivity index (χ4n) is 2.65. The van der Waals surface area contributed by atoms with Gasteiger partial charge in [0.15, 0.2) is 0 Å². The molecule has 0 spiro atoms. The highest BCUT2D eigenvalue weighted by molar-refractivity contribution is 9.10. The van der Waals surface area contributed by atoms with E-state index in [2.05, 4.69) is 21.2 Å². The van der Waals surface area contributed by atoms with Crippen LogP contribution in [0.5, 0.6) is 0 Å². The van der Waals surface area contributed by atoms with Gasteiger partial charge in [0.1, 0.15) is 6.04 Å². The summed E-state index contributed by atoms with van der Waals surface area (Å²) in [7, 11) is -3.35. The minimum absolute atomic E-state index is 0.0883. The smallest absolute Gasteiger partial charge is 0.242 e. The van der Waals surface area contributed by atoms with Crippen molar-refractivity contribution in [3.05, 3.63) is 28.2 Å². The van der Waals surface area contributed by atoms with Gasteiger partial charge in [0.2, 0.25) is 15.9 Å². The van der Waals surface area contributed by atoms with Gasteiger partial charge in [-0.25, -0.2) is 8.42 Å². The molecule has 7 heteroatoms. The summed E-state index contributed by atoms with van der Waals surface area (Å²) in [6.07, 6.45) is 1.84. The van der Waals surface area contributed by atoms with Crippen molar-refractivity contribution in [1.82, 2.24) is 4.31 Å². The summed E-state index contributed by atoms with van der Waals surface area (Å²) in [5, 5.41) is 2.83. The number of hydrogen-bond acceptors (Lipinski definition) is 3. The van der Waals surface area contributed by atoms with Crippen molar-refractivity contribution < 1.29 is 13.2 Å². The predicted molar refractivity (Wildman–Crippen MR) is 91.3 cm³/mol. The molecule has 0 aromatic heterocycles. The first-order valence-electron chi connectivity index (χ1n) is 7.41. The molecule has 2 rings (SSSR count). The van der Waals surface area contributed by atoms with Gasteiger partial charge in [-0.3, -0.25) is 4.79 Å². The van der Waals surface area contributed by atoms with Gasteiger partial charge in [-0.15, -0.1) is 0 Å². The van der Waals surface area contributed by atoms with Gasteiger partial charge in [-0.05, 0) is 59.8 Å². The van der Waals surface area contributed by atoms with Crippen molar-refractivity contribution in [3.8, 4) is 0 Å². The molecule has 122 valence electrons. The van der Waals surface area contributed by atoms with Crippen LogP contribution in [0.3, 0.4) is 0 Å². The van der Waals surface area contributed by atoms with Crippen LogP contribution in [0, 0.1) is 6.92 Å². The number of amides is 1. The Balaban J connectivity index is 2.14. The highest BCUT2D eigenvalue weighted by Gasteiger charge is 2.38. The highest BCUT2D eigenvalue weighted by atomic mass is 79.9. The standard InChI is InChI=1S/C15H21BrN2O3S/c1-3-9-22(20,21)18-8-4-5-14(18)15(19)17-13-7-6-11(2)10-12(13)16/h6-7,10,14H,3-5,8-9H2,1-2H3,(H,17,19)/t14-/m0/s1. The van der Waals surface area contributed by atoms with Gasteiger partial charge >= 0.3 is 0 Å². The van der Waals surface area contributed by atoms with Gasteiger partial charge in [0, 0.05) is 11.0 Å². The molecular weight excluding hydrogens is 368 g/mol. The molecule has 0 bridgehead atoms. The topological polar surface area (TPSA) is 66.5 Å². The molecule has 1 heterocycles. The maximum absolute atomic E-state index is 12.5. The van der Waals surface area contributed by atoms with Crippen LogP contribution >= 0.6 is 15.9 Å². The van der Waals surface area contributed by atoms with E-state index in [1.807, 2.05) is 32.0 Å². The molecule has 1 saturated heterocycles. The van der Waals surface area contributed by atoms with Crippen molar-refractivity contribution in [2.75, 3.05) is 17.6 Å². The number of rotatable bonds is 5. The fraction of sp³-hybridized carbons (Fsp3) is 0.533. The molecule has 1 aromatic carbocycles. The lowest BCUT2D eigenvalue weighted by Crippen LogP contribution is -2.44. The maximum Gasteiger partial charge on any atom is 0.242 e. The van der Waals surface area contributed by atoms with Gasteiger partial charge in [0.05, 0.1) is 11.4 Å². The van der Waals surface area contributed by atoms with E-state index in [1.165, 1.54) is 4.31 Å². The number of anilines is 1. The zero-order valence-electron chi connectivity index (χ0n) is 12.8. The van der Waals surface area contributed by atoms with E-state index < -0.39 is 16.1 Å². The van der Waals surface area contributed by atoms with Crippen molar-refractivity contribution in [3.63, 3.8) is 0 Å². The first kappa shape index (κ1) is 17.4. The van der Waals surface area contributed by atoms with E-state index in [0.717, 1.165) is 16.5 Å². The Labute approximate surface area is 140 Å². The second-order valence-electron chi connectivity index (χ2n) is 5.56. The van der Waals surface area contributed by atoms with Crippen LogP contribution in [0.1, 0.15) is 31.7 Å². The van der Waals surface area contributed by atoms with E-state index in [1.54, 1.807) is 0 Å². The molecule has 1 fully saturated rings. The lowest BCUT2D eigenvalue weighted by Gasteiger charge is -2.23. The van der Waals surface area contributed by atoms with Gasteiger partial charge in [0.25, 0.3) is 0 Å². The van der Waals surface area contributed by atoms with Crippen LogP contribution in [-0.2, 0) is 14.8 Å². The number of aryl methyl sites for hydroxylation is 1. The summed E-state index contributed by atoms with van der Waals surface area (Å²) in [4.78, 5) is 12.5. The summed E-state index contributed by atoms with van der Waals surface area (Å²) >= 11 is 3.42. The molecule has 0 saturated carbocycles. The Bertz CT molecular complexity index is 661. The average Bonchev–Trinajstić information content (AvgIpc) is 2.92. The van der Waals surface area contributed by atoms with Crippen LogP contribution in [0.25, 0.3) is 0 Å². The Morgan fingerprint density at radius 3 is 2.82 bits per heavy atom. The lowest BCUT2D eigenvalue weighted by molar-refractivity contribution is -0.119. The summed E-state index contributed by atoms with van der Waals surface area (Å²) < 4.78 is 26.6. The Morgan fingerprint density at radius 2 is 2.18 bits per heavy atom. The van der Waals surface area contributed by atoms with Crippen molar-refractivity contribution in [2.24, 2.45) is 0 Å². The molecule has 1 aliphatic rings. The molecule has 0 unspecified atom stereocenters.